The van der Waals surface area contributed by atoms with Crippen LogP contribution in [-0.4, -0.2) is 23.3 Å². The van der Waals surface area contributed by atoms with Crippen molar-refractivity contribution in [1.82, 2.24) is 15.8 Å². The summed E-state index contributed by atoms with van der Waals surface area (Å²) in [6, 6.07) is 20.8. The standard InChI is InChI=1S/C23H18FN3O3S/c24-17-6-4-5-15(11-17)16-9-10-19-20(12-16)31-23(26-19)13-21(28)25-14-22(29)27-30-18-7-2-1-3-8-18/h1-12H,13-14H2,(H,25,28)(H,27,29). The Labute approximate surface area is 181 Å². The number of benzene rings is 3. The first-order valence-corrected chi connectivity index (χ1v) is 10.3. The van der Waals surface area contributed by atoms with Crippen molar-refractivity contribution in [3.8, 4) is 16.9 Å². The quantitative estimate of drug-likeness (QED) is 0.432. The zero-order chi connectivity index (χ0) is 21.6. The number of rotatable bonds is 7. The van der Waals surface area contributed by atoms with E-state index >= 15 is 0 Å². The molecule has 0 aliphatic carbocycles. The van der Waals surface area contributed by atoms with Gasteiger partial charge in [0, 0.05) is 0 Å². The van der Waals surface area contributed by atoms with Crippen molar-refractivity contribution in [1.29, 1.82) is 0 Å². The van der Waals surface area contributed by atoms with Crippen molar-refractivity contribution in [3.63, 3.8) is 0 Å². The lowest BCUT2D eigenvalue weighted by Gasteiger charge is -2.07. The van der Waals surface area contributed by atoms with Gasteiger partial charge in [0.25, 0.3) is 5.91 Å². The number of para-hydroxylation sites is 1. The Morgan fingerprint density at radius 3 is 2.55 bits per heavy atom. The second kappa shape index (κ2) is 9.36. The van der Waals surface area contributed by atoms with Crippen LogP contribution in [0.5, 0.6) is 5.75 Å². The minimum atomic E-state index is -0.471. The molecule has 1 aromatic heterocycles. The van der Waals surface area contributed by atoms with E-state index in [1.165, 1.54) is 23.5 Å². The van der Waals surface area contributed by atoms with E-state index in [1.54, 1.807) is 30.3 Å². The fraction of sp³-hybridized carbons (Fsp3) is 0.0870. The summed E-state index contributed by atoms with van der Waals surface area (Å²) in [5.74, 6) is -0.591. The van der Waals surface area contributed by atoms with E-state index in [4.69, 9.17) is 4.84 Å². The van der Waals surface area contributed by atoms with Gasteiger partial charge in [0.15, 0.2) is 5.75 Å². The number of nitrogens with one attached hydrogen (secondary N) is 2. The Morgan fingerprint density at radius 1 is 0.935 bits per heavy atom. The van der Waals surface area contributed by atoms with Crippen LogP contribution in [0.2, 0.25) is 0 Å². The number of aromatic nitrogens is 1. The van der Waals surface area contributed by atoms with Gasteiger partial charge in [-0.3, -0.25) is 9.59 Å². The van der Waals surface area contributed by atoms with E-state index in [-0.39, 0.29) is 24.7 Å². The van der Waals surface area contributed by atoms with Gasteiger partial charge >= 0.3 is 0 Å². The normalized spacial score (nSPS) is 10.6. The number of carbonyl (C=O) groups excluding carboxylic acids is 2. The summed E-state index contributed by atoms with van der Waals surface area (Å²) in [6.45, 7) is -0.208. The fourth-order valence-corrected chi connectivity index (χ4v) is 3.92. The molecule has 0 saturated heterocycles. The first kappa shape index (κ1) is 20.5. The molecule has 0 spiro atoms. The largest absolute Gasteiger partial charge is 0.379 e. The molecule has 0 radical (unpaired) electrons. The summed E-state index contributed by atoms with van der Waals surface area (Å²) in [5, 5.41) is 3.18. The van der Waals surface area contributed by atoms with Crippen molar-refractivity contribution in [2.75, 3.05) is 6.54 Å². The zero-order valence-electron chi connectivity index (χ0n) is 16.3. The Hall–Kier alpha value is -3.78. The topological polar surface area (TPSA) is 80.3 Å². The number of hydrogen-bond acceptors (Lipinski definition) is 5. The third kappa shape index (κ3) is 5.43. The molecule has 4 aromatic rings. The number of carbonyl (C=O) groups is 2. The van der Waals surface area contributed by atoms with Crippen LogP contribution in [0.1, 0.15) is 5.01 Å². The number of fused-ring (bicyclic) bond motifs is 1. The molecule has 6 nitrogen and oxygen atoms in total. The first-order valence-electron chi connectivity index (χ1n) is 9.50. The molecule has 0 saturated carbocycles. The summed E-state index contributed by atoms with van der Waals surface area (Å²) in [6.07, 6.45) is 0.0570. The molecule has 2 amide bonds. The SMILES string of the molecule is O=C(Cc1nc2ccc(-c3cccc(F)c3)cc2s1)NCC(=O)NOc1ccccc1. The number of thiazole rings is 1. The molecule has 4 rings (SSSR count). The Balaban J connectivity index is 1.32. The number of nitrogens with zero attached hydrogens (tertiary/aromatic N) is 1. The van der Waals surface area contributed by atoms with Crippen LogP contribution in [0.15, 0.2) is 72.8 Å². The molecule has 0 bridgehead atoms. The van der Waals surface area contributed by atoms with Gasteiger partial charge in [0.2, 0.25) is 5.91 Å². The average Bonchev–Trinajstić information content (AvgIpc) is 3.18. The Morgan fingerprint density at radius 2 is 1.74 bits per heavy atom. The highest BCUT2D eigenvalue weighted by Gasteiger charge is 2.12. The molecular weight excluding hydrogens is 417 g/mol. The van der Waals surface area contributed by atoms with Crippen LogP contribution in [0.4, 0.5) is 4.39 Å². The average molecular weight is 435 g/mol. The van der Waals surface area contributed by atoms with Gasteiger partial charge in [-0.05, 0) is 47.5 Å². The van der Waals surface area contributed by atoms with Gasteiger partial charge in [-0.1, -0.05) is 36.4 Å². The third-order valence-electron chi connectivity index (χ3n) is 4.37. The maximum atomic E-state index is 13.5. The molecular formula is C23H18FN3O3S. The molecule has 0 unspecified atom stereocenters. The lowest BCUT2D eigenvalue weighted by atomic mass is 10.1. The molecule has 0 fully saturated rings. The molecule has 1 heterocycles. The van der Waals surface area contributed by atoms with Crippen molar-refractivity contribution < 1.29 is 18.8 Å². The lowest BCUT2D eigenvalue weighted by molar-refractivity contribution is -0.129. The number of halogens is 1. The van der Waals surface area contributed by atoms with Gasteiger partial charge in [0.1, 0.15) is 10.8 Å². The molecule has 3 aromatic carbocycles. The molecule has 0 aliphatic heterocycles. The van der Waals surface area contributed by atoms with Crippen LogP contribution in [0, 0.1) is 5.82 Å². The summed E-state index contributed by atoms with van der Waals surface area (Å²) in [7, 11) is 0. The number of hydrogen-bond donors (Lipinski definition) is 2. The Bertz CT molecular complexity index is 1230. The molecule has 0 atom stereocenters. The number of amides is 2. The second-order valence-electron chi connectivity index (χ2n) is 6.69. The fourth-order valence-electron chi connectivity index (χ4n) is 2.91. The predicted octanol–water partition coefficient (Wildman–Crippen LogP) is 3.87. The highest BCUT2D eigenvalue weighted by Crippen LogP contribution is 2.28. The highest BCUT2D eigenvalue weighted by atomic mass is 32.1. The summed E-state index contributed by atoms with van der Waals surface area (Å²) < 4.78 is 14.4. The summed E-state index contributed by atoms with van der Waals surface area (Å²) in [4.78, 5) is 33.6. The summed E-state index contributed by atoms with van der Waals surface area (Å²) >= 11 is 1.39. The van der Waals surface area contributed by atoms with E-state index in [2.05, 4.69) is 15.8 Å². The van der Waals surface area contributed by atoms with Gasteiger partial charge in [-0.25, -0.2) is 9.37 Å². The van der Waals surface area contributed by atoms with Crippen molar-refractivity contribution >= 4 is 33.4 Å². The Kier molecular flexibility index (Phi) is 6.18. The molecule has 156 valence electrons. The first-order chi connectivity index (χ1) is 15.1. The number of hydroxylamine groups is 1. The van der Waals surface area contributed by atoms with E-state index < -0.39 is 5.91 Å². The van der Waals surface area contributed by atoms with Crippen molar-refractivity contribution in [3.05, 3.63) is 83.6 Å². The lowest BCUT2D eigenvalue weighted by Crippen LogP contribution is -2.38. The van der Waals surface area contributed by atoms with Crippen LogP contribution < -0.4 is 15.6 Å². The van der Waals surface area contributed by atoms with Crippen LogP contribution in [0.3, 0.4) is 0 Å². The highest BCUT2D eigenvalue weighted by molar-refractivity contribution is 7.18. The maximum absolute atomic E-state index is 13.5. The molecule has 8 heteroatoms. The monoisotopic (exact) mass is 435 g/mol. The van der Waals surface area contributed by atoms with Crippen LogP contribution >= 0.6 is 11.3 Å². The molecule has 31 heavy (non-hydrogen) atoms. The third-order valence-corrected chi connectivity index (χ3v) is 5.39. The summed E-state index contributed by atoms with van der Waals surface area (Å²) in [5.41, 5.74) is 4.69. The van der Waals surface area contributed by atoms with Gasteiger partial charge in [0.05, 0.1) is 23.2 Å². The predicted molar refractivity (Wildman–Crippen MR) is 117 cm³/mol. The van der Waals surface area contributed by atoms with Gasteiger partial charge < -0.3 is 10.2 Å². The zero-order valence-corrected chi connectivity index (χ0v) is 17.1. The second-order valence-corrected chi connectivity index (χ2v) is 7.81. The van der Waals surface area contributed by atoms with Crippen LogP contribution in [0.25, 0.3) is 21.3 Å². The van der Waals surface area contributed by atoms with Gasteiger partial charge in [-0.2, -0.15) is 5.48 Å². The minimum absolute atomic E-state index is 0.0570. The van der Waals surface area contributed by atoms with Crippen molar-refractivity contribution in [2.45, 2.75) is 6.42 Å². The van der Waals surface area contributed by atoms with E-state index in [0.29, 0.717) is 10.8 Å². The van der Waals surface area contributed by atoms with E-state index in [0.717, 1.165) is 21.3 Å². The maximum Gasteiger partial charge on any atom is 0.271 e. The smallest absolute Gasteiger partial charge is 0.271 e. The molecule has 0 aliphatic rings. The van der Waals surface area contributed by atoms with Gasteiger partial charge in [-0.15, -0.1) is 11.3 Å². The van der Waals surface area contributed by atoms with Crippen LogP contribution in [-0.2, 0) is 16.0 Å². The minimum Gasteiger partial charge on any atom is -0.379 e. The van der Waals surface area contributed by atoms with Crippen molar-refractivity contribution in [2.24, 2.45) is 0 Å². The van der Waals surface area contributed by atoms with E-state index in [1.807, 2.05) is 30.3 Å². The van der Waals surface area contributed by atoms with E-state index in [9.17, 15) is 14.0 Å². The molecule has 2 N–H and O–H groups in total.